The van der Waals surface area contributed by atoms with Crippen LogP contribution < -0.4 is 0 Å². The van der Waals surface area contributed by atoms with Gasteiger partial charge >= 0.3 is 0 Å². The van der Waals surface area contributed by atoms with E-state index in [1.807, 2.05) is 19.9 Å². The van der Waals surface area contributed by atoms with Gasteiger partial charge in [-0.2, -0.15) is 0 Å². The van der Waals surface area contributed by atoms with Gasteiger partial charge in [-0.1, -0.05) is 45.0 Å². The van der Waals surface area contributed by atoms with Gasteiger partial charge in [0.15, 0.2) is 0 Å². The van der Waals surface area contributed by atoms with E-state index in [0.717, 1.165) is 0 Å². The molecule has 0 aromatic heterocycles. The Morgan fingerprint density at radius 2 is 1.53 bits per heavy atom. The van der Waals surface area contributed by atoms with Gasteiger partial charge in [0, 0.05) is 6.42 Å². The molecular weight excluding hydrogens is 184 g/mol. The van der Waals surface area contributed by atoms with E-state index in [2.05, 4.69) is 39.0 Å². The molecule has 1 heteroatoms. The second kappa shape index (κ2) is 3.97. The lowest BCUT2D eigenvalue weighted by Crippen LogP contribution is -2.24. The van der Waals surface area contributed by atoms with Crippen LogP contribution in [0.4, 0.5) is 0 Å². The summed E-state index contributed by atoms with van der Waals surface area (Å²) >= 11 is 0. The van der Waals surface area contributed by atoms with E-state index >= 15 is 0 Å². The van der Waals surface area contributed by atoms with Gasteiger partial charge in [-0.15, -0.1) is 0 Å². The molecule has 0 unspecified atom stereocenters. The highest BCUT2D eigenvalue weighted by molar-refractivity contribution is 5.33. The minimum Gasteiger partial charge on any atom is -0.390 e. The van der Waals surface area contributed by atoms with Crippen molar-refractivity contribution >= 4 is 0 Å². The minimum atomic E-state index is -0.638. The van der Waals surface area contributed by atoms with Crippen molar-refractivity contribution in [3.8, 4) is 0 Å². The quantitative estimate of drug-likeness (QED) is 0.787. The fourth-order valence-electron chi connectivity index (χ4n) is 1.87. The molecule has 0 bridgehead atoms. The Hall–Kier alpha value is -0.820. The zero-order chi connectivity index (χ0) is 11.7. The van der Waals surface area contributed by atoms with Crippen LogP contribution in [0.3, 0.4) is 0 Å². The van der Waals surface area contributed by atoms with Crippen molar-refractivity contribution in [2.45, 2.75) is 52.1 Å². The summed E-state index contributed by atoms with van der Waals surface area (Å²) < 4.78 is 0. The Labute approximate surface area is 93.1 Å². The second-order valence-corrected chi connectivity index (χ2v) is 5.90. The molecule has 0 heterocycles. The van der Waals surface area contributed by atoms with E-state index in [9.17, 15) is 5.11 Å². The van der Waals surface area contributed by atoms with Crippen LogP contribution in [0.1, 0.15) is 45.7 Å². The monoisotopic (exact) mass is 206 g/mol. The predicted octanol–water partition coefficient (Wildman–Crippen LogP) is 3.30. The van der Waals surface area contributed by atoms with Crippen LogP contribution in [0.5, 0.6) is 0 Å². The topological polar surface area (TPSA) is 20.2 Å². The molecule has 0 saturated carbocycles. The molecule has 0 aliphatic rings. The average Bonchev–Trinajstić information content (AvgIpc) is 1.99. The van der Waals surface area contributed by atoms with Crippen LogP contribution in [0.15, 0.2) is 24.3 Å². The summed E-state index contributed by atoms with van der Waals surface area (Å²) in [6.07, 6.45) is 0.709. The van der Waals surface area contributed by atoms with Crippen LogP contribution in [0.2, 0.25) is 0 Å². The summed E-state index contributed by atoms with van der Waals surface area (Å²) in [5, 5.41) is 9.86. The Morgan fingerprint density at radius 3 is 2.00 bits per heavy atom. The van der Waals surface area contributed by atoms with Gasteiger partial charge in [-0.3, -0.25) is 0 Å². The molecule has 1 aromatic rings. The van der Waals surface area contributed by atoms with Crippen molar-refractivity contribution in [1.29, 1.82) is 0 Å². The maximum Gasteiger partial charge on any atom is 0.0632 e. The number of benzene rings is 1. The summed E-state index contributed by atoms with van der Waals surface area (Å²) in [4.78, 5) is 0. The molecule has 1 nitrogen and oxygen atoms in total. The third-order valence-electron chi connectivity index (χ3n) is 2.45. The molecule has 0 radical (unpaired) electrons. The Bertz CT molecular complexity index is 326. The first kappa shape index (κ1) is 12.3. The van der Waals surface area contributed by atoms with Crippen molar-refractivity contribution in [2.24, 2.45) is 0 Å². The minimum absolute atomic E-state index is 0.141. The molecule has 0 aliphatic heterocycles. The largest absolute Gasteiger partial charge is 0.390 e. The SMILES string of the molecule is CC(C)(O)Cc1ccccc1C(C)(C)C. The summed E-state index contributed by atoms with van der Waals surface area (Å²) in [5.41, 5.74) is 2.08. The summed E-state index contributed by atoms with van der Waals surface area (Å²) in [6, 6.07) is 8.37. The lowest BCUT2D eigenvalue weighted by Gasteiger charge is -2.26. The number of aliphatic hydroxyl groups is 1. The summed E-state index contributed by atoms with van der Waals surface area (Å²) in [6.45, 7) is 10.3. The highest BCUT2D eigenvalue weighted by Gasteiger charge is 2.21. The maximum atomic E-state index is 9.86. The lowest BCUT2D eigenvalue weighted by atomic mass is 9.81. The van der Waals surface area contributed by atoms with Gasteiger partial charge in [-0.25, -0.2) is 0 Å². The summed E-state index contributed by atoms with van der Waals surface area (Å²) in [5.74, 6) is 0. The third-order valence-corrected chi connectivity index (χ3v) is 2.45. The van der Waals surface area contributed by atoms with Crippen molar-refractivity contribution in [3.63, 3.8) is 0 Å². The Morgan fingerprint density at radius 1 is 1.00 bits per heavy atom. The fourth-order valence-corrected chi connectivity index (χ4v) is 1.87. The molecule has 0 spiro atoms. The first-order valence-electron chi connectivity index (χ1n) is 5.51. The Kier molecular flexibility index (Phi) is 3.25. The molecular formula is C14H22O. The van der Waals surface area contributed by atoms with Crippen molar-refractivity contribution in [2.75, 3.05) is 0 Å². The van der Waals surface area contributed by atoms with Gasteiger partial charge < -0.3 is 5.11 Å². The van der Waals surface area contributed by atoms with Crippen molar-refractivity contribution in [3.05, 3.63) is 35.4 Å². The van der Waals surface area contributed by atoms with Crippen molar-refractivity contribution < 1.29 is 5.11 Å². The lowest BCUT2D eigenvalue weighted by molar-refractivity contribution is 0.0806. The first-order valence-corrected chi connectivity index (χ1v) is 5.51. The highest BCUT2D eigenvalue weighted by atomic mass is 16.3. The maximum absolute atomic E-state index is 9.86. The standard InChI is InChI=1S/C14H22O/c1-13(2,3)12-9-7-6-8-11(12)10-14(4,5)15/h6-9,15H,10H2,1-5H3. The second-order valence-electron chi connectivity index (χ2n) is 5.90. The molecule has 1 rings (SSSR count). The first-order chi connectivity index (χ1) is 6.70. The smallest absolute Gasteiger partial charge is 0.0632 e. The van der Waals surface area contributed by atoms with Crippen molar-refractivity contribution in [1.82, 2.24) is 0 Å². The molecule has 84 valence electrons. The highest BCUT2D eigenvalue weighted by Crippen LogP contribution is 2.27. The average molecular weight is 206 g/mol. The van der Waals surface area contributed by atoms with Gasteiger partial charge in [0.25, 0.3) is 0 Å². The van der Waals surface area contributed by atoms with Crippen LogP contribution >= 0.6 is 0 Å². The molecule has 1 N–H and O–H groups in total. The zero-order valence-electron chi connectivity index (χ0n) is 10.5. The molecule has 15 heavy (non-hydrogen) atoms. The predicted molar refractivity (Wildman–Crippen MR) is 65.1 cm³/mol. The van der Waals surface area contributed by atoms with Gasteiger partial charge in [-0.05, 0) is 30.4 Å². The van der Waals surface area contributed by atoms with Crippen LogP contribution in [0.25, 0.3) is 0 Å². The number of hydrogen-bond donors (Lipinski definition) is 1. The van der Waals surface area contributed by atoms with Gasteiger partial charge in [0.05, 0.1) is 5.60 Å². The van der Waals surface area contributed by atoms with Gasteiger partial charge in [0.1, 0.15) is 0 Å². The molecule has 0 saturated heterocycles. The van der Waals surface area contributed by atoms with E-state index in [-0.39, 0.29) is 5.41 Å². The normalized spacial score (nSPS) is 12.9. The fraction of sp³-hybridized carbons (Fsp3) is 0.571. The zero-order valence-corrected chi connectivity index (χ0v) is 10.5. The third kappa shape index (κ3) is 3.67. The molecule has 0 amide bonds. The van der Waals surface area contributed by atoms with E-state index in [0.29, 0.717) is 6.42 Å². The van der Waals surface area contributed by atoms with E-state index in [1.54, 1.807) is 0 Å². The van der Waals surface area contributed by atoms with Crippen LogP contribution in [-0.4, -0.2) is 10.7 Å². The van der Waals surface area contributed by atoms with Gasteiger partial charge in [0.2, 0.25) is 0 Å². The summed E-state index contributed by atoms with van der Waals surface area (Å²) in [7, 11) is 0. The number of rotatable bonds is 2. The van der Waals surface area contributed by atoms with E-state index in [4.69, 9.17) is 0 Å². The molecule has 0 atom stereocenters. The van der Waals surface area contributed by atoms with E-state index < -0.39 is 5.60 Å². The van der Waals surface area contributed by atoms with Crippen LogP contribution in [0, 0.1) is 0 Å². The molecule has 0 fully saturated rings. The molecule has 1 aromatic carbocycles. The van der Waals surface area contributed by atoms with E-state index in [1.165, 1.54) is 11.1 Å². The Balaban J connectivity index is 3.08. The number of hydrogen-bond acceptors (Lipinski definition) is 1. The molecule has 0 aliphatic carbocycles. The van der Waals surface area contributed by atoms with Crippen LogP contribution in [-0.2, 0) is 11.8 Å².